The molecule has 2 N–H and O–H groups in total. The number of hydrogen-bond donors (Lipinski definition) is 2. The van der Waals surface area contributed by atoms with Gasteiger partial charge in [-0.15, -0.1) is 12.4 Å². The summed E-state index contributed by atoms with van der Waals surface area (Å²) in [6, 6.07) is 5.14. The van der Waals surface area contributed by atoms with Crippen molar-refractivity contribution in [2.75, 3.05) is 26.2 Å². The molecular formula is C17H25ClFN3O2. The third-order valence-corrected chi connectivity index (χ3v) is 3.99. The first-order chi connectivity index (χ1) is 11.0. The Kier molecular flexibility index (Phi) is 8.15. The van der Waals surface area contributed by atoms with Gasteiger partial charge in [0.2, 0.25) is 5.91 Å². The summed E-state index contributed by atoms with van der Waals surface area (Å²) in [6.07, 6.45) is 0.887. The Labute approximate surface area is 148 Å². The number of nitrogens with one attached hydrogen (secondary N) is 2. The number of hydrogen-bond acceptors (Lipinski definition) is 3. The van der Waals surface area contributed by atoms with Crippen molar-refractivity contribution in [3.63, 3.8) is 0 Å². The quantitative estimate of drug-likeness (QED) is 0.864. The molecule has 1 fully saturated rings. The minimum absolute atomic E-state index is 0. The molecule has 1 saturated heterocycles. The Bertz CT molecular complexity index is 561. The second-order valence-corrected chi connectivity index (χ2v) is 6.10. The molecule has 1 unspecified atom stereocenters. The van der Waals surface area contributed by atoms with Crippen LogP contribution in [0.5, 0.6) is 0 Å². The molecule has 134 valence electrons. The first-order valence-electron chi connectivity index (χ1n) is 8.05. The van der Waals surface area contributed by atoms with Gasteiger partial charge in [0.25, 0.3) is 5.91 Å². The normalized spacial score (nSPS) is 16.1. The number of benzene rings is 1. The van der Waals surface area contributed by atoms with Gasteiger partial charge in [-0.1, -0.05) is 26.0 Å². The van der Waals surface area contributed by atoms with E-state index in [1.165, 1.54) is 18.2 Å². The maximum atomic E-state index is 13.7. The SMILES string of the molecule is CC(C)C(NC(=O)c1ccccc1F)C(=O)N1CCCNCC1.Cl. The van der Waals surface area contributed by atoms with Gasteiger partial charge in [0.05, 0.1) is 5.56 Å². The fourth-order valence-corrected chi connectivity index (χ4v) is 2.64. The summed E-state index contributed by atoms with van der Waals surface area (Å²) < 4.78 is 13.7. The molecule has 1 heterocycles. The summed E-state index contributed by atoms with van der Waals surface area (Å²) >= 11 is 0. The fraction of sp³-hybridized carbons (Fsp3) is 0.529. The van der Waals surface area contributed by atoms with Crippen LogP contribution in [0.3, 0.4) is 0 Å². The van der Waals surface area contributed by atoms with E-state index in [2.05, 4.69) is 10.6 Å². The average molecular weight is 358 g/mol. The molecule has 0 saturated carbocycles. The molecule has 1 aliphatic rings. The number of carbonyl (C=O) groups is 2. The number of nitrogens with zero attached hydrogens (tertiary/aromatic N) is 1. The highest BCUT2D eigenvalue weighted by Gasteiger charge is 2.29. The number of halogens is 2. The lowest BCUT2D eigenvalue weighted by atomic mass is 10.0. The molecule has 24 heavy (non-hydrogen) atoms. The molecule has 0 bridgehead atoms. The van der Waals surface area contributed by atoms with Gasteiger partial charge in [-0.05, 0) is 31.0 Å². The predicted octanol–water partition coefficient (Wildman–Crippen LogP) is 1.82. The first-order valence-corrected chi connectivity index (χ1v) is 8.05. The van der Waals surface area contributed by atoms with Crippen LogP contribution in [0.1, 0.15) is 30.6 Å². The highest BCUT2D eigenvalue weighted by atomic mass is 35.5. The van der Waals surface area contributed by atoms with Gasteiger partial charge in [-0.3, -0.25) is 9.59 Å². The van der Waals surface area contributed by atoms with Crippen LogP contribution < -0.4 is 10.6 Å². The zero-order valence-electron chi connectivity index (χ0n) is 14.0. The van der Waals surface area contributed by atoms with Crippen molar-refractivity contribution in [1.82, 2.24) is 15.5 Å². The molecule has 2 rings (SSSR count). The molecule has 5 nitrogen and oxygen atoms in total. The average Bonchev–Trinajstić information content (AvgIpc) is 2.81. The summed E-state index contributed by atoms with van der Waals surface area (Å²) in [6.45, 7) is 6.68. The van der Waals surface area contributed by atoms with Crippen molar-refractivity contribution in [3.05, 3.63) is 35.6 Å². The standard InChI is InChI=1S/C17H24FN3O2.ClH/c1-12(2)15(17(23)21-10-5-8-19-9-11-21)20-16(22)13-6-3-4-7-14(13)18;/h3-4,6-7,12,15,19H,5,8-11H2,1-2H3,(H,20,22);1H. The first kappa shape index (κ1) is 20.4. The monoisotopic (exact) mass is 357 g/mol. The van der Waals surface area contributed by atoms with Crippen LogP contribution in [-0.4, -0.2) is 48.9 Å². The van der Waals surface area contributed by atoms with Crippen molar-refractivity contribution in [1.29, 1.82) is 0 Å². The zero-order chi connectivity index (χ0) is 16.8. The second kappa shape index (κ2) is 9.59. The fourth-order valence-electron chi connectivity index (χ4n) is 2.64. The van der Waals surface area contributed by atoms with E-state index in [1.54, 1.807) is 11.0 Å². The predicted molar refractivity (Wildman–Crippen MR) is 93.8 cm³/mol. The minimum atomic E-state index is -0.653. The molecule has 0 aromatic heterocycles. The highest BCUT2D eigenvalue weighted by Crippen LogP contribution is 2.11. The van der Waals surface area contributed by atoms with Gasteiger partial charge in [-0.2, -0.15) is 0 Å². The van der Waals surface area contributed by atoms with E-state index in [0.717, 1.165) is 19.5 Å². The number of amides is 2. The molecule has 0 radical (unpaired) electrons. The lowest BCUT2D eigenvalue weighted by Crippen LogP contribution is -2.52. The number of carbonyl (C=O) groups excluding carboxylic acids is 2. The molecule has 1 aliphatic heterocycles. The Hall–Kier alpha value is -1.66. The summed E-state index contributed by atoms with van der Waals surface area (Å²) in [5.74, 6) is -1.31. The van der Waals surface area contributed by atoms with E-state index in [9.17, 15) is 14.0 Å². The third-order valence-electron chi connectivity index (χ3n) is 3.99. The third kappa shape index (κ3) is 5.18. The number of rotatable bonds is 4. The Morgan fingerprint density at radius 2 is 1.92 bits per heavy atom. The lowest BCUT2D eigenvalue weighted by molar-refractivity contribution is -0.134. The summed E-state index contributed by atoms with van der Waals surface area (Å²) in [7, 11) is 0. The van der Waals surface area contributed by atoms with Crippen LogP contribution in [0.25, 0.3) is 0 Å². The molecule has 1 atom stereocenters. The molecular weight excluding hydrogens is 333 g/mol. The Balaban J connectivity index is 0.00000288. The highest BCUT2D eigenvalue weighted by molar-refractivity contribution is 5.97. The van der Waals surface area contributed by atoms with Gasteiger partial charge < -0.3 is 15.5 Å². The van der Waals surface area contributed by atoms with Crippen molar-refractivity contribution in [2.45, 2.75) is 26.3 Å². The van der Waals surface area contributed by atoms with Crippen LogP contribution in [0.15, 0.2) is 24.3 Å². The van der Waals surface area contributed by atoms with Crippen LogP contribution in [0.2, 0.25) is 0 Å². The molecule has 0 aliphatic carbocycles. The zero-order valence-corrected chi connectivity index (χ0v) is 14.9. The van der Waals surface area contributed by atoms with Gasteiger partial charge in [-0.25, -0.2) is 4.39 Å². The Morgan fingerprint density at radius 1 is 1.21 bits per heavy atom. The smallest absolute Gasteiger partial charge is 0.254 e. The van der Waals surface area contributed by atoms with Crippen LogP contribution in [0.4, 0.5) is 4.39 Å². The maximum Gasteiger partial charge on any atom is 0.254 e. The second-order valence-electron chi connectivity index (χ2n) is 6.10. The summed E-state index contributed by atoms with van der Waals surface area (Å²) in [5.41, 5.74) is -0.0384. The van der Waals surface area contributed by atoms with E-state index in [1.807, 2.05) is 13.8 Å². The Morgan fingerprint density at radius 3 is 2.58 bits per heavy atom. The topological polar surface area (TPSA) is 61.4 Å². The summed E-state index contributed by atoms with van der Waals surface area (Å²) in [4.78, 5) is 26.8. The molecule has 2 amide bonds. The van der Waals surface area contributed by atoms with Crippen LogP contribution in [-0.2, 0) is 4.79 Å². The van der Waals surface area contributed by atoms with Gasteiger partial charge in [0.1, 0.15) is 11.9 Å². The minimum Gasteiger partial charge on any atom is -0.340 e. The van der Waals surface area contributed by atoms with Gasteiger partial charge in [0, 0.05) is 19.6 Å². The summed E-state index contributed by atoms with van der Waals surface area (Å²) in [5, 5.41) is 5.94. The maximum absolute atomic E-state index is 13.7. The van der Waals surface area contributed by atoms with Crippen molar-refractivity contribution in [2.24, 2.45) is 5.92 Å². The molecule has 1 aromatic rings. The molecule has 7 heteroatoms. The van der Waals surface area contributed by atoms with E-state index in [4.69, 9.17) is 0 Å². The largest absolute Gasteiger partial charge is 0.340 e. The van der Waals surface area contributed by atoms with E-state index in [0.29, 0.717) is 13.1 Å². The molecule has 0 spiro atoms. The van der Waals surface area contributed by atoms with E-state index < -0.39 is 17.8 Å². The van der Waals surface area contributed by atoms with Crippen molar-refractivity contribution >= 4 is 24.2 Å². The van der Waals surface area contributed by atoms with E-state index in [-0.39, 0.29) is 29.8 Å². The van der Waals surface area contributed by atoms with Crippen LogP contribution in [0, 0.1) is 11.7 Å². The van der Waals surface area contributed by atoms with Crippen LogP contribution >= 0.6 is 12.4 Å². The van der Waals surface area contributed by atoms with E-state index >= 15 is 0 Å². The van der Waals surface area contributed by atoms with Gasteiger partial charge in [0.15, 0.2) is 0 Å². The lowest BCUT2D eigenvalue weighted by Gasteiger charge is -2.28. The molecule has 1 aromatic carbocycles. The van der Waals surface area contributed by atoms with Crippen molar-refractivity contribution in [3.8, 4) is 0 Å². The van der Waals surface area contributed by atoms with Crippen molar-refractivity contribution < 1.29 is 14.0 Å². The van der Waals surface area contributed by atoms with Gasteiger partial charge >= 0.3 is 0 Å².